The van der Waals surface area contributed by atoms with Gasteiger partial charge in [0.15, 0.2) is 0 Å². The Morgan fingerprint density at radius 1 is 0.917 bits per heavy atom. The maximum atomic E-state index is 12.0. The number of nitrogens with zero attached hydrogens (tertiary/aromatic N) is 1. The standard InChI is InChI=1S/C19H23N3O2/c1-3-15-6-9-16(10-7-15)18(23)20-11-4-12-21-19(24)17-8-5-14(2)22-13-17/h5-10,13H,3-4,11-12H2,1-2H3,(H,20,23)(H,21,24). The average Bonchev–Trinajstić information content (AvgIpc) is 2.61. The molecule has 1 heterocycles. The van der Waals surface area contributed by atoms with Crippen LogP contribution in [0.2, 0.25) is 0 Å². The van der Waals surface area contributed by atoms with Gasteiger partial charge in [0.25, 0.3) is 11.8 Å². The second-order valence-corrected chi connectivity index (χ2v) is 5.60. The zero-order valence-electron chi connectivity index (χ0n) is 14.1. The minimum atomic E-state index is -0.149. The second-order valence-electron chi connectivity index (χ2n) is 5.60. The van der Waals surface area contributed by atoms with Crippen molar-refractivity contribution < 1.29 is 9.59 Å². The molecule has 0 aliphatic heterocycles. The fraction of sp³-hybridized carbons (Fsp3) is 0.316. The van der Waals surface area contributed by atoms with Gasteiger partial charge in [-0.05, 0) is 49.6 Å². The molecule has 0 saturated heterocycles. The number of hydrogen-bond acceptors (Lipinski definition) is 3. The van der Waals surface area contributed by atoms with Crippen LogP contribution in [0.3, 0.4) is 0 Å². The molecule has 5 nitrogen and oxygen atoms in total. The molecular weight excluding hydrogens is 302 g/mol. The number of pyridine rings is 1. The van der Waals surface area contributed by atoms with Crippen LogP contribution >= 0.6 is 0 Å². The van der Waals surface area contributed by atoms with Crippen LogP contribution < -0.4 is 10.6 Å². The zero-order valence-corrected chi connectivity index (χ0v) is 14.1. The Morgan fingerprint density at radius 3 is 2.04 bits per heavy atom. The van der Waals surface area contributed by atoms with Crippen LogP contribution in [0.25, 0.3) is 0 Å². The first-order valence-electron chi connectivity index (χ1n) is 8.18. The van der Waals surface area contributed by atoms with Gasteiger partial charge in [0, 0.05) is 30.5 Å². The Hall–Kier alpha value is -2.69. The van der Waals surface area contributed by atoms with E-state index < -0.39 is 0 Å². The molecule has 24 heavy (non-hydrogen) atoms. The van der Waals surface area contributed by atoms with Crippen LogP contribution in [0.1, 0.15) is 45.3 Å². The molecule has 0 atom stereocenters. The predicted octanol–water partition coefficient (Wildman–Crippen LogP) is 2.50. The van der Waals surface area contributed by atoms with Crippen LogP contribution in [0, 0.1) is 6.92 Å². The van der Waals surface area contributed by atoms with Gasteiger partial charge in [-0.15, -0.1) is 0 Å². The Bertz CT molecular complexity index is 679. The molecule has 0 aliphatic carbocycles. The Labute approximate surface area is 142 Å². The topological polar surface area (TPSA) is 71.1 Å². The smallest absolute Gasteiger partial charge is 0.252 e. The van der Waals surface area contributed by atoms with Crippen LogP contribution in [0.15, 0.2) is 42.6 Å². The number of carbonyl (C=O) groups excluding carboxylic acids is 2. The summed E-state index contributed by atoms with van der Waals surface area (Å²) in [5.41, 5.74) is 3.28. The number of benzene rings is 1. The van der Waals surface area contributed by atoms with Crippen molar-refractivity contribution in [1.82, 2.24) is 15.6 Å². The Morgan fingerprint density at radius 2 is 1.50 bits per heavy atom. The summed E-state index contributed by atoms with van der Waals surface area (Å²) in [7, 11) is 0. The summed E-state index contributed by atoms with van der Waals surface area (Å²) < 4.78 is 0. The molecule has 0 spiro atoms. The summed E-state index contributed by atoms with van der Waals surface area (Å²) in [6, 6.07) is 11.1. The van der Waals surface area contributed by atoms with Crippen molar-refractivity contribution in [1.29, 1.82) is 0 Å². The summed E-state index contributed by atoms with van der Waals surface area (Å²) in [5.74, 6) is -0.240. The molecule has 126 valence electrons. The highest BCUT2D eigenvalue weighted by Gasteiger charge is 2.06. The molecule has 0 aliphatic rings. The van der Waals surface area contributed by atoms with Gasteiger partial charge in [0.05, 0.1) is 5.56 Å². The van der Waals surface area contributed by atoms with Crippen molar-refractivity contribution in [3.05, 3.63) is 65.0 Å². The van der Waals surface area contributed by atoms with Crippen molar-refractivity contribution >= 4 is 11.8 Å². The highest BCUT2D eigenvalue weighted by molar-refractivity contribution is 5.94. The monoisotopic (exact) mass is 325 g/mol. The van der Waals surface area contributed by atoms with Crippen LogP contribution in [-0.4, -0.2) is 29.9 Å². The maximum Gasteiger partial charge on any atom is 0.252 e. The lowest BCUT2D eigenvalue weighted by atomic mass is 10.1. The van der Waals surface area contributed by atoms with E-state index in [0.717, 1.165) is 12.1 Å². The van der Waals surface area contributed by atoms with Crippen molar-refractivity contribution in [2.45, 2.75) is 26.7 Å². The van der Waals surface area contributed by atoms with E-state index >= 15 is 0 Å². The van der Waals surface area contributed by atoms with Gasteiger partial charge in [-0.3, -0.25) is 14.6 Å². The molecule has 5 heteroatoms. The van der Waals surface area contributed by atoms with E-state index in [1.165, 1.54) is 5.56 Å². The SMILES string of the molecule is CCc1ccc(C(=O)NCCCNC(=O)c2ccc(C)nc2)cc1. The molecule has 2 rings (SSSR count). The number of rotatable bonds is 7. The predicted molar refractivity (Wildman–Crippen MR) is 94.1 cm³/mol. The van der Waals surface area contributed by atoms with E-state index in [-0.39, 0.29) is 11.8 Å². The summed E-state index contributed by atoms with van der Waals surface area (Å²) >= 11 is 0. The van der Waals surface area contributed by atoms with E-state index in [1.807, 2.05) is 31.2 Å². The molecule has 2 amide bonds. The lowest BCUT2D eigenvalue weighted by molar-refractivity contribution is 0.0951. The van der Waals surface area contributed by atoms with Crippen LogP contribution in [-0.2, 0) is 6.42 Å². The Kier molecular flexibility index (Phi) is 6.49. The van der Waals surface area contributed by atoms with E-state index in [9.17, 15) is 9.59 Å². The maximum absolute atomic E-state index is 12.0. The number of carbonyl (C=O) groups is 2. The number of aromatic nitrogens is 1. The van der Waals surface area contributed by atoms with Crippen molar-refractivity contribution in [3.8, 4) is 0 Å². The van der Waals surface area contributed by atoms with Gasteiger partial charge >= 0.3 is 0 Å². The largest absolute Gasteiger partial charge is 0.352 e. The number of aryl methyl sites for hydroxylation is 2. The van der Waals surface area contributed by atoms with Gasteiger partial charge < -0.3 is 10.6 Å². The van der Waals surface area contributed by atoms with Crippen LogP contribution in [0.5, 0.6) is 0 Å². The van der Waals surface area contributed by atoms with Crippen LogP contribution in [0.4, 0.5) is 0 Å². The van der Waals surface area contributed by atoms with E-state index in [4.69, 9.17) is 0 Å². The molecule has 2 N–H and O–H groups in total. The third kappa shape index (κ3) is 5.19. The molecule has 1 aromatic heterocycles. The summed E-state index contributed by atoms with van der Waals surface area (Å²) in [6.07, 6.45) is 3.19. The summed E-state index contributed by atoms with van der Waals surface area (Å²) in [5, 5.41) is 5.67. The molecule has 0 fully saturated rings. The van der Waals surface area contributed by atoms with Gasteiger partial charge in [-0.25, -0.2) is 0 Å². The number of hydrogen-bond donors (Lipinski definition) is 2. The van der Waals surface area contributed by atoms with Gasteiger partial charge in [0.2, 0.25) is 0 Å². The number of amides is 2. The minimum absolute atomic E-state index is 0.0910. The van der Waals surface area contributed by atoms with E-state index in [0.29, 0.717) is 30.6 Å². The van der Waals surface area contributed by atoms with Gasteiger partial charge in [-0.2, -0.15) is 0 Å². The third-order valence-corrected chi connectivity index (χ3v) is 3.72. The molecule has 1 aromatic carbocycles. The van der Waals surface area contributed by atoms with Crippen molar-refractivity contribution in [3.63, 3.8) is 0 Å². The molecule has 0 unspecified atom stereocenters. The lowest BCUT2D eigenvalue weighted by Crippen LogP contribution is -2.30. The van der Waals surface area contributed by atoms with Gasteiger partial charge in [0.1, 0.15) is 0 Å². The summed E-state index contributed by atoms with van der Waals surface area (Å²) in [6.45, 7) is 4.97. The lowest BCUT2D eigenvalue weighted by Gasteiger charge is -2.07. The van der Waals surface area contributed by atoms with Gasteiger partial charge in [-0.1, -0.05) is 19.1 Å². The molecule has 0 saturated carbocycles. The Balaban J connectivity index is 1.67. The normalized spacial score (nSPS) is 10.2. The third-order valence-electron chi connectivity index (χ3n) is 3.72. The second kappa shape index (κ2) is 8.82. The quantitative estimate of drug-likeness (QED) is 0.768. The zero-order chi connectivity index (χ0) is 17.4. The highest BCUT2D eigenvalue weighted by Crippen LogP contribution is 2.05. The van der Waals surface area contributed by atoms with Crippen molar-refractivity contribution in [2.75, 3.05) is 13.1 Å². The van der Waals surface area contributed by atoms with E-state index in [1.54, 1.807) is 18.3 Å². The fourth-order valence-corrected chi connectivity index (χ4v) is 2.19. The van der Waals surface area contributed by atoms with Crippen molar-refractivity contribution in [2.24, 2.45) is 0 Å². The first-order valence-corrected chi connectivity index (χ1v) is 8.18. The van der Waals surface area contributed by atoms with E-state index in [2.05, 4.69) is 22.5 Å². The molecule has 2 aromatic rings. The first kappa shape index (κ1) is 17.7. The fourth-order valence-electron chi connectivity index (χ4n) is 2.19. The number of nitrogens with one attached hydrogen (secondary N) is 2. The minimum Gasteiger partial charge on any atom is -0.352 e. The first-order chi connectivity index (χ1) is 11.6. The highest BCUT2D eigenvalue weighted by atomic mass is 16.2. The molecule has 0 radical (unpaired) electrons. The summed E-state index contributed by atoms with van der Waals surface area (Å²) in [4.78, 5) is 28.0. The average molecular weight is 325 g/mol. The molecular formula is C19H23N3O2. The molecule has 0 bridgehead atoms.